The molecule has 3 heteroatoms. The molecule has 0 radical (unpaired) electrons. The highest BCUT2D eigenvalue weighted by atomic mass is 16.5. The zero-order chi connectivity index (χ0) is 11.1. The van der Waals surface area contributed by atoms with Crippen LogP contribution in [0.3, 0.4) is 0 Å². The lowest BCUT2D eigenvalue weighted by molar-refractivity contribution is 0.102. The van der Waals surface area contributed by atoms with E-state index >= 15 is 0 Å². The third kappa shape index (κ3) is 5.50. The van der Waals surface area contributed by atoms with E-state index in [2.05, 4.69) is 19.2 Å². The molecule has 0 amide bonds. The summed E-state index contributed by atoms with van der Waals surface area (Å²) in [5.41, 5.74) is 0.0608. The van der Waals surface area contributed by atoms with Crippen molar-refractivity contribution in [2.45, 2.75) is 57.6 Å². The van der Waals surface area contributed by atoms with Gasteiger partial charge in [-0.25, -0.2) is 0 Å². The number of aliphatic hydroxyl groups excluding tert-OH is 1. The van der Waals surface area contributed by atoms with Crippen LogP contribution in [-0.4, -0.2) is 36.5 Å². The van der Waals surface area contributed by atoms with Crippen LogP contribution in [0.15, 0.2) is 0 Å². The van der Waals surface area contributed by atoms with Gasteiger partial charge >= 0.3 is 0 Å². The molecule has 1 saturated heterocycles. The highest BCUT2D eigenvalue weighted by Gasteiger charge is 2.17. The van der Waals surface area contributed by atoms with E-state index < -0.39 is 0 Å². The SMILES string of the molecule is CC(C)(CCO)NCCCC1CCCO1. The molecule has 15 heavy (non-hydrogen) atoms. The summed E-state index contributed by atoms with van der Waals surface area (Å²) in [6.45, 7) is 6.50. The Balaban J connectivity index is 2.00. The van der Waals surface area contributed by atoms with Crippen LogP contribution < -0.4 is 5.32 Å². The Morgan fingerprint density at radius 2 is 2.27 bits per heavy atom. The fourth-order valence-corrected chi connectivity index (χ4v) is 2.00. The molecular weight excluding hydrogens is 190 g/mol. The minimum atomic E-state index is 0.0608. The average Bonchev–Trinajstić information content (AvgIpc) is 2.65. The van der Waals surface area contributed by atoms with Gasteiger partial charge in [0, 0.05) is 18.8 Å². The summed E-state index contributed by atoms with van der Waals surface area (Å²) in [4.78, 5) is 0. The summed E-state index contributed by atoms with van der Waals surface area (Å²) in [5, 5.41) is 12.3. The normalized spacial score (nSPS) is 22.2. The lowest BCUT2D eigenvalue weighted by Gasteiger charge is -2.25. The Bertz CT molecular complexity index is 165. The van der Waals surface area contributed by atoms with Crippen LogP contribution in [0.5, 0.6) is 0 Å². The van der Waals surface area contributed by atoms with Gasteiger partial charge in [-0.05, 0) is 52.5 Å². The Morgan fingerprint density at radius 1 is 1.47 bits per heavy atom. The van der Waals surface area contributed by atoms with Crippen molar-refractivity contribution in [2.75, 3.05) is 19.8 Å². The Morgan fingerprint density at radius 3 is 2.87 bits per heavy atom. The Kier molecular flexibility index (Phi) is 5.58. The first-order valence-corrected chi connectivity index (χ1v) is 6.11. The highest BCUT2D eigenvalue weighted by Crippen LogP contribution is 2.16. The number of hydrogen-bond acceptors (Lipinski definition) is 3. The predicted octanol–water partition coefficient (Wildman–Crippen LogP) is 1.70. The fraction of sp³-hybridized carbons (Fsp3) is 1.00. The molecule has 0 aliphatic carbocycles. The second kappa shape index (κ2) is 6.46. The van der Waals surface area contributed by atoms with Crippen LogP contribution in [0.2, 0.25) is 0 Å². The number of aliphatic hydroxyl groups is 1. The molecule has 0 aromatic rings. The molecule has 3 nitrogen and oxygen atoms in total. The van der Waals surface area contributed by atoms with E-state index in [9.17, 15) is 0 Å². The van der Waals surface area contributed by atoms with E-state index in [-0.39, 0.29) is 12.1 Å². The van der Waals surface area contributed by atoms with Crippen molar-refractivity contribution in [1.82, 2.24) is 5.32 Å². The third-order valence-electron chi connectivity index (χ3n) is 3.07. The zero-order valence-corrected chi connectivity index (χ0v) is 10.1. The van der Waals surface area contributed by atoms with E-state index in [4.69, 9.17) is 9.84 Å². The molecule has 0 spiro atoms. The summed E-state index contributed by atoms with van der Waals surface area (Å²) in [6.07, 6.45) is 6.12. The van der Waals surface area contributed by atoms with Gasteiger partial charge in [-0.1, -0.05) is 0 Å². The molecule has 1 atom stereocenters. The van der Waals surface area contributed by atoms with Crippen LogP contribution in [0.4, 0.5) is 0 Å². The second-order valence-electron chi connectivity index (χ2n) is 5.06. The van der Waals surface area contributed by atoms with Crippen LogP contribution in [0.1, 0.15) is 46.0 Å². The first-order valence-electron chi connectivity index (χ1n) is 6.11. The van der Waals surface area contributed by atoms with Crippen molar-refractivity contribution in [3.63, 3.8) is 0 Å². The van der Waals surface area contributed by atoms with Crippen molar-refractivity contribution < 1.29 is 9.84 Å². The minimum Gasteiger partial charge on any atom is -0.396 e. The largest absolute Gasteiger partial charge is 0.396 e. The lowest BCUT2D eigenvalue weighted by atomic mass is 10.0. The minimum absolute atomic E-state index is 0.0608. The summed E-state index contributed by atoms with van der Waals surface area (Å²) in [5.74, 6) is 0. The molecule has 0 aromatic carbocycles. The first kappa shape index (κ1) is 12.9. The Labute approximate surface area is 93.2 Å². The molecule has 1 unspecified atom stereocenters. The highest BCUT2D eigenvalue weighted by molar-refractivity contribution is 4.77. The van der Waals surface area contributed by atoms with Crippen LogP contribution in [0.25, 0.3) is 0 Å². The summed E-state index contributed by atoms with van der Waals surface area (Å²) >= 11 is 0. The standard InChI is InChI=1S/C12H25NO2/c1-12(2,7-9-14)13-8-3-5-11-6-4-10-15-11/h11,13-14H,3-10H2,1-2H3. The maximum absolute atomic E-state index is 8.87. The maximum atomic E-state index is 8.87. The van der Waals surface area contributed by atoms with Crippen molar-refractivity contribution in [3.8, 4) is 0 Å². The van der Waals surface area contributed by atoms with Crippen molar-refractivity contribution in [1.29, 1.82) is 0 Å². The number of ether oxygens (including phenoxy) is 1. The molecule has 1 rings (SSSR count). The van der Waals surface area contributed by atoms with Gasteiger partial charge in [0.2, 0.25) is 0 Å². The molecule has 1 aliphatic rings. The molecule has 90 valence electrons. The maximum Gasteiger partial charge on any atom is 0.0576 e. The molecule has 0 bridgehead atoms. The predicted molar refractivity (Wildman–Crippen MR) is 62.0 cm³/mol. The average molecular weight is 215 g/mol. The smallest absolute Gasteiger partial charge is 0.0576 e. The van der Waals surface area contributed by atoms with E-state index in [0.717, 1.165) is 19.6 Å². The van der Waals surface area contributed by atoms with Crippen molar-refractivity contribution >= 4 is 0 Å². The summed E-state index contributed by atoms with van der Waals surface area (Å²) in [6, 6.07) is 0. The van der Waals surface area contributed by atoms with Gasteiger partial charge in [0.05, 0.1) is 6.10 Å². The summed E-state index contributed by atoms with van der Waals surface area (Å²) < 4.78 is 5.56. The van der Waals surface area contributed by atoms with E-state index in [1.54, 1.807) is 0 Å². The van der Waals surface area contributed by atoms with Crippen LogP contribution in [-0.2, 0) is 4.74 Å². The van der Waals surface area contributed by atoms with E-state index in [1.165, 1.54) is 25.7 Å². The lowest BCUT2D eigenvalue weighted by Crippen LogP contribution is -2.40. The number of rotatable bonds is 7. The topological polar surface area (TPSA) is 41.5 Å². The van der Waals surface area contributed by atoms with Gasteiger partial charge in [0.1, 0.15) is 0 Å². The van der Waals surface area contributed by atoms with Gasteiger partial charge in [-0.2, -0.15) is 0 Å². The molecule has 0 aromatic heterocycles. The number of hydrogen-bond donors (Lipinski definition) is 2. The molecule has 0 saturated carbocycles. The molecule has 1 heterocycles. The van der Waals surface area contributed by atoms with Gasteiger partial charge in [-0.3, -0.25) is 0 Å². The summed E-state index contributed by atoms with van der Waals surface area (Å²) in [7, 11) is 0. The molecule has 1 aliphatic heterocycles. The van der Waals surface area contributed by atoms with Crippen molar-refractivity contribution in [2.24, 2.45) is 0 Å². The van der Waals surface area contributed by atoms with Gasteiger partial charge < -0.3 is 15.2 Å². The third-order valence-corrected chi connectivity index (χ3v) is 3.07. The zero-order valence-electron chi connectivity index (χ0n) is 10.1. The van der Waals surface area contributed by atoms with E-state index in [1.807, 2.05) is 0 Å². The van der Waals surface area contributed by atoms with Gasteiger partial charge in [0.15, 0.2) is 0 Å². The van der Waals surface area contributed by atoms with Crippen molar-refractivity contribution in [3.05, 3.63) is 0 Å². The monoisotopic (exact) mass is 215 g/mol. The first-order chi connectivity index (χ1) is 7.14. The number of nitrogens with one attached hydrogen (secondary N) is 1. The van der Waals surface area contributed by atoms with Gasteiger partial charge in [0.25, 0.3) is 0 Å². The molecule has 1 fully saturated rings. The van der Waals surface area contributed by atoms with Crippen LogP contribution >= 0.6 is 0 Å². The fourth-order valence-electron chi connectivity index (χ4n) is 2.00. The van der Waals surface area contributed by atoms with Gasteiger partial charge in [-0.15, -0.1) is 0 Å². The Hall–Kier alpha value is -0.120. The molecular formula is C12H25NO2. The second-order valence-corrected chi connectivity index (χ2v) is 5.06. The quantitative estimate of drug-likeness (QED) is 0.635. The van der Waals surface area contributed by atoms with Crippen LogP contribution in [0, 0.1) is 0 Å². The molecule has 2 N–H and O–H groups in total. The van der Waals surface area contributed by atoms with E-state index in [0.29, 0.717) is 6.10 Å².